The molecule has 0 bridgehead atoms. The number of aryl methyl sites for hydroxylation is 2. The molecule has 2 heterocycles. The summed E-state index contributed by atoms with van der Waals surface area (Å²) in [4.78, 5) is 8.52. The number of rotatable bonds is 2. The van der Waals surface area contributed by atoms with Crippen LogP contribution in [-0.4, -0.2) is 20.2 Å². The van der Waals surface area contributed by atoms with Crippen LogP contribution in [0.4, 0.5) is 0 Å². The van der Waals surface area contributed by atoms with Crippen molar-refractivity contribution >= 4 is 0 Å². The van der Waals surface area contributed by atoms with Crippen LogP contribution in [0.2, 0.25) is 0 Å². The van der Waals surface area contributed by atoms with Crippen molar-refractivity contribution in [1.82, 2.24) is 20.2 Å². The predicted octanol–water partition coefficient (Wildman–Crippen LogP) is 1.74. The van der Waals surface area contributed by atoms with Crippen LogP contribution in [-0.2, 0) is 6.42 Å². The third-order valence-corrected chi connectivity index (χ3v) is 2.04. The highest BCUT2D eigenvalue weighted by atomic mass is 15.2. The lowest BCUT2D eigenvalue weighted by atomic mass is 10.2. The standard InChI is InChI=1S/C10H12N4/c1-3-9-12-10(14-13-9)8-5-4-7(2)11-6-8/h4-6H,3H2,1-2H3,(H,12,13,14). The van der Waals surface area contributed by atoms with Crippen molar-refractivity contribution in [3.8, 4) is 11.4 Å². The van der Waals surface area contributed by atoms with E-state index in [0.717, 1.165) is 23.5 Å². The molecular formula is C10H12N4. The van der Waals surface area contributed by atoms with E-state index in [4.69, 9.17) is 0 Å². The van der Waals surface area contributed by atoms with Crippen molar-refractivity contribution < 1.29 is 0 Å². The van der Waals surface area contributed by atoms with Crippen molar-refractivity contribution in [2.45, 2.75) is 20.3 Å². The van der Waals surface area contributed by atoms with E-state index in [1.807, 2.05) is 26.0 Å². The molecule has 2 rings (SSSR count). The Morgan fingerprint density at radius 2 is 2.21 bits per heavy atom. The minimum Gasteiger partial charge on any atom is -0.263 e. The average Bonchev–Trinajstić information content (AvgIpc) is 2.67. The second-order valence-corrected chi connectivity index (χ2v) is 3.15. The van der Waals surface area contributed by atoms with Gasteiger partial charge in [-0.1, -0.05) is 6.92 Å². The van der Waals surface area contributed by atoms with E-state index < -0.39 is 0 Å². The molecule has 0 unspecified atom stereocenters. The second kappa shape index (κ2) is 3.57. The Balaban J connectivity index is 2.34. The lowest BCUT2D eigenvalue weighted by Gasteiger charge is -1.94. The molecule has 0 radical (unpaired) electrons. The summed E-state index contributed by atoms with van der Waals surface area (Å²) in [5.74, 6) is 1.62. The van der Waals surface area contributed by atoms with Gasteiger partial charge >= 0.3 is 0 Å². The zero-order valence-electron chi connectivity index (χ0n) is 8.28. The summed E-state index contributed by atoms with van der Waals surface area (Å²) >= 11 is 0. The maximum absolute atomic E-state index is 4.32. The van der Waals surface area contributed by atoms with Gasteiger partial charge in [-0.3, -0.25) is 10.1 Å². The molecule has 1 N–H and O–H groups in total. The molecule has 0 fully saturated rings. The Hall–Kier alpha value is -1.71. The van der Waals surface area contributed by atoms with E-state index in [-0.39, 0.29) is 0 Å². The summed E-state index contributed by atoms with van der Waals surface area (Å²) in [5.41, 5.74) is 1.95. The van der Waals surface area contributed by atoms with Gasteiger partial charge in [-0.05, 0) is 19.1 Å². The third kappa shape index (κ3) is 1.64. The van der Waals surface area contributed by atoms with Crippen LogP contribution >= 0.6 is 0 Å². The first-order valence-corrected chi connectivity index (χ1v) is 4.64. The van der Waals surface area contributed by atoms with E-state index in [9.17, 15) is 0 Å². The Morgan fingerprint density at radius 1 is 1.36 bits per heavy atom. The molecule has 0 aliphatic carbocycles. The van der Waals surface area contributed by atoms with Crippen LogP contribution in [0.5, 0.6) is 0 Å². The van der Waals surface area contributed by atoms with Crippen molar-refractivity contribution in [3.63, 3.8) is 0 Å². The normalized spacial score (nSPS) is 10.4. The number of aromatic amines is 1. The zero-order valence-corrected chi connectivity index (χ0v) is 8.28. The van der Waals surface area contributed by atoms with Gasteiger partial charge in [0.05, 0.1) is 0 Å². The van der Waals surface area contributed by atoms with Gasteiger partial charge in [0, 0.05) is 23.9 Å². The van der Waals surface area contributed by atoms with Gasteiger partial charge in [0.1, 0.15) is 5.82 Å². The van der Waals surface area contributed by atoms with Crippen LogP contribution in [0.3, 0.4) is 0 Å². The number of hydrogen-bond donors (Lipinski definition) is 1. The van der Waals surface area contributed by atoms with Crippen LogP contribution in [0, 0.1) is 6.92 Å². The van der Waals surface area contributed by atoms with Gasteiger partial charge in [-0.15, -0.1) is 0 Å². The lowest BCUT2D eigenvalue weighted by Crippen LogP contribution is -1.85. The number of nitrogens with one attached hydrogen (secondary N) is 1. The maximum Gasteiger partial charge on any atom is 0.182 e. The van der Waals surface area contributed by atoms with Gasteiger partial charge in [-0.25, -0.2) is 4.98 Å². The summed E-state index contributed by atoms with van der Waals surface area (Å²) < 4.78 is 0. The van der Waals surface area contributed by atoms with Gasteiger partial charge in [-0.2, -0.15) is 5.10 Å². The lowest BCUT2D eigenvalue weighted by molar-refractivity contribution is 0.946. The van der Waals surface area contributed by atoms with Gasteiger partial charge in [0.25, 0.3) is 0 Å². The Kier molecular flexibility index (Phi) is 2.26. The molecule has 0 aliphatic heterocycles. The third-order valence-electron chi connectivity index (χ3n) is 2.04. The molecule has 2 aromatic rings. The van der Waals surface area contributed by atoms with Crippen LogP contribution in [0.1, 0.15) is 18.4 Å². The highest BCUT2D eigenvalue weighted by Crippen LogP contribution is 2.13. The van der Waals surface area contributed by atoms with Crippen molar-refractivity contribution in [2.24, 2.45) is 0 Å². The van der Waals surface area contributed by atoms with Crippen molar-refractivity contribution in [3.05, 3.63) is 29.8 Å². The van der Waals surface area contributed by atoms with Gasteiger partial charge in [0.15, 0.2) is 5.82 Å². The molecular weight excluding hydrogens is 176 g/mol. The fourth-order valence-corrected chi connectivity index (χ4v) is 1.18. The zero-order chi connectivity index (χ0) is 9.97. The topological polar surface area (TPSA) is 54.5 Å². The predicted molar refractivity (Wildman–Crippen MR) is 53.7 cm³/mol. The summed E-state index contributed by atoms with van der Waals surface area (Å²) in [6.07, 6.45) is 2.66. The molecule has 2 aromatic heterocycles. The van der Waals surface area contributed by atoms with Crippen LogP contribution < -0.4 is 0 Å². The first kappa shape index (κ1) is 8.87. The van der Waals surface area contributed by atoms with Gasteiger partial charge < -0.3 is 0 Å². The van der Waals surface area contributed by atoms with Crippen molar-refractivity contribution in [1.29, 1.82) is 0 Å². The molecule has 4 heteroatoms. The molecule has 0 aliphatic rings. The van der Waals surface area contributed by atoms with Crippen LogP contribution in [0.15, 0.2) is 18.3 Å². The van der Waals surface area contributed by atoms with Crippen molar-refractivity contribution in [2.75, 3.05) is 0 Å². The summed E-state index contributed by atoms with van der Waals surface area (Å²) in [6.45, 7) is 4.00. The number of aromatic nitrogens is 4. The average molecular weight is 188 g/mol. The first-order valence-electron chi connectivity index (χ1n) is 4.64. The minimum absolute atomic E-state index is 0.717. The summed E-state index contributed by atoms with van der Waals surface area (Å²) in [7, 11) is 0. The molecule has 14 heavy (non-hydrogen) atoms. The molecule has 0 saturated carbocycles. The number of H-pyrrole nitrogens is 1. The number of hydrogen-bond acceptors (Lipinski definition) is 3. The Bertz CT molecular complexity index is 416. The molecule has 72 valence electrons. The van der Waals surface area contributed by atoms with E-state index in [0.29, 0.717) is 5.82 Å². The highest BCUT2D eigenvalue weighted by Gasteiger charge is 2.03. The maximum atomic E-state index is 4.32. The smallest absolute Gasteiger partial charge is 0.182 e. The van der Waals surface area contributed by atoms with Gasteiger partial charge in [0.2, 0.25) is 0 Å². The molecule has 0 atom stereocenters. The fourth-order valence-electron chi connectivity index (χ4n) is 1.18. The molecule has 0 spiro atoms. The monoisotopic (exact) mass is 188 g/mol. The molecule has 0 saturated heterocycles. The Morgan fingerprint density at radius 3 is 2.79 bits per heavy atom. The summed E-state index contributed by atoms with van der Waals surface area (Å²) in [6, 6.07) is 3.93. The summed E-state index contributed by atoms with van der Waals surface area (Å²) in [5, 5.41) is 6.99. The van der Waals surface area contributed by atoms with Crippen LogP contribution in [0.25, 0.3) is 11.4 Å². The Labute approximate surface area is 82.4 Å². The minimum atomic E-state index is 0.717. The SMILES string of the molecule is CCc1nc(-c2ccc(C)nc2)n[nH]1. The molecule has 0 amide bonds. The van der Waals surface area contributed by atoms with E-state index in [2.05, 4.69) is 20.2 Å². The van der Waals surface area contributed by atoms with E-state index in [1.165, 1.54) is 0 Å². The first-order chi connectivity index (χ1) is 6.79. The van der Waals surface area contributed by atoms with E-state index >= 15 is 0 Å². The fraction of sp³-hybridized carbons (Fsp3) is 0.300. The number of pyridine rings is 1. The second-order valence-electron chi connectivity index (χ2n) is 3.15. The van der Waals surface area contributed by atoms with E-state index in [1.54, 1.807) is 6.20 Å². The number of nitrogens with zero attached hydrogens (tertiary/aromatic N) is 3. The molecule has 0 aromatic carbocycles. The highest BCUT2D eigenvalue weighted by molar-refractivity contribution is 5.52. The largest absolute Gasteiger partial charge is 0.263 e. The quantitative estimate of drug-likeness (QED) is 0.781. The molecule has 4 nitrogen and oxygen atoms in total.